The molecule has 2 heterocycles. The van der Waals surface area contributed by atoms with E-state index in [1.807, 2.05) is 18.2 Å². The Kier molecular flexibility index (Phi) is 6.55. The summed E-state index contributed by atoms with van der Waals surface area (Å²) in [5.41, 5.74) is 1.08. The highest BCUT2D eigenvalue weighted by Gasteiger charge is 2.36. The minimum Gasteiger partial charge on any atom is -0.495 e. The highest BCUT2D eigenvalue weighted by molar-refractivity contribution is 6.01. The molecule has 1 saturated carbocycles. The SMILES string of the molecule is COc1ccccc1N1CCN(C(CNC2CC2)C(O)CN2C(=O)CCC2=O)CC1. The first-order valence-electron chi connectivity index (χ1n) is 10.9. The summed E-state index contributed by atoms with van der Waals surface area (Å²) in [6, 6.07) is 8.42. The lowest BCUT2D eigenvalue weighted by molar-refractivity contribution is -0.140. The van der Waals surface area contributed by atoms with Crippen LogP contribution < -0.4 is 15.0 Å². The minimum absolute atomic E-state index is 0.0847. The third-order valence-electron chi connectivity index (χ3n) is 6.37. The number of hydrogen-bond acceptors (Lipinski definition) is 7. The van der Waals surface area contributed by atoms with Gasteiger partial charge in [-0.3, -0.25) is 19.4 Å². The third-order valence-corrected chi connectivity index (χ3v) is 6.37. The molecule has 0 spiro atoms. The average molecular weight is 417 g/mol. The van der Waals surface area contributed by atoms with Gasteiger partial charge in [0.1, 0.15) is 5.75 Å². The highest BCUT2D eigenvalue weighted by atomic mass is 16.5. The fourth-order valence-corrected chi connectivity index (χ4v) is 4.40. The summed E-state index contributed by atoms with van der Waals surface area (Å²) in [5, 5.41) is 14.5. The lowest BCUT2D eigenvalue weighted by atomic mass is 10.1. The number of carbonyl (C=O) groups excluding carboxylic acids is 2. The van der Waals surface area contributed by atoms with Crippen LogP contribution in [0.5, 0.6) is 5.75 Å². The normalized spacial score (nSPS) is 22.5. The number of imide groups is 1. The molecule has 1 aliphatic carbocycles. The zero-order chi connectivity index (χ0) is 21.1. The second-order valence-electron chi connectivity index (χ2n) is 8.41. The number of piperazine rings is 1. The van der Waals surface area contributed by atoms with Gasteiger partial charge >= 0.3 is 0 Å². The molecule has 2 unspecified atom stereocenters. The van der Waals surface area contributed by atoms with Gasteiger partial charge in [-0.15, -0.1) is 0 Å². The number of hydrogen-bond donors (Lipinski definition) is 2. The van der Waals surface area contributed by atoms with Crippen LogP contribution in [0, 0.1) is 0 Å². The summed E-state index contributed by atoms with van der Waals surface area (Å²) < 4.78 is 5.50. The number of benzene rings is 1. The monoisotopic (exact) mass is 416 g/mol. The van der Waals surface area contributed by atoms with Gasteiger partial charge in [-0.25, -0.2) is 0 Å². The predicted octanol–water partition coefficient (Wildman–Crippen LogP) is 0.448. The maximum Gasteiger partial charge on any atom is 0.229 e. The summed E-state index contributed by atoms with van der Waals surface area (Å²) in [6.07, 6.45) is 2.10. The molecule has 164 valence electrons. The Balaban J connectivity index is 1.40. The van der Waals surface area contributed by atoms with Crippen LogP contribution in [0.1, 0.15) is 25.7 Å². The fourth-order valence-electron chi connectivity index (χ4n) is 4.40. The number of methoxy groups -OCH3 is 1. The van der Waals surface area contributed by atoms with E-state index in [4.69, 9.17) is 4.74 Å². The topological polar surface area (TPSA) is 85.3 Å². The second kappa shape index (κ2) is 9.32. The number of amides is 2. The molecule has 2 N–H and O–H groups in total. The number of β-amino-alcohol motifs (C(OH)–C–C–N with tert-alkyl or cyclic N) is 1. The van der Waals surface area contributed by atoms with Gasteiger partial charge in [0.15, 0.2) is 0 Å². The van der Waals surface area contributed by atoms with Crippen molar-refractivity contribution in [2.75, 3.05) is 51.3 Å². The van der Waals surface area contributed by atoms with E-state index in [0.29, 0.717) is 12.6 Å². The molecule has 8 heteroatoms. The van der Waals surface area contributed by atoms with Crippen molar-refractivity contribution in [1.29, 1.82) is 0 Å². The van der Waals surface area contributed by atoms with E-state index in [1.165, 1.54) is 17.7 Å². The molecule has 4 rings (SSSR count). The first kappa shape index (κ1) is 21.1. The van der Waals surface area contributed by atoms with Gasteiger partial charge in [0.2, 0.25) is 11.8 Å². The number of para-hydroxylation sites is 2. The van der Waals surface area contributed by atoms with Gasteiger partial charge in [-0.05, 0) is 25.0 Å². The molecule has 2 atom stereocenters. The van der Waals surface area contributed by atoms with Gasteiger partial charge in [0, 0.05) is 57.6 Å². The van der Waals surface area contributed by atoms with Crippen molar-refractivity contribution < 1.29 is 19.4 Å². The summed E-state index contributed by atoms with van der Waals surface area (Å²) in [5.74, 6) is 0.520. The maximum absolute atomic E-state index is 12.0. The number of rotatable bonds is 9. The van der Waals surface area contributed by atoms with Crippen LogP contribution in [-0.4, -0.2) is 91.3 Å². The van der Waals surface area contributed by atoms with Crippen molar-refractivity contribution >= 4 is 17.5 Å². The van der Waals surface area contributed by atoms with E-state index in [1.54, 1.807) is 7.11 Å². The van der Waals surface area contributed by atoms with E-state index in [2.05, 4.69) is 21.2 Å². The van der Waals surface area contributed by atoms with Crippen LogP contribution in [0.25, 0.3) is 0 Å². The van der Waals surface area contributed by atoms with Crippen LogP contribution in [-0.2, 0) is 9.59 Å². The van der Waals surface area contributed by atoms with Crippen LogP contribution in [0.15, 0.2) is 24.3 Å². The quantitative estimate of drug-likeness (QED) is 0.566. The van der Waals surface area contributed by atoms with Gasteiger partial charge in [0.05, 0.1) is 25.4 Å². The number of ether oxygens (including phenoxy) is 1. The fraction of sp³-hybridized carbons (Fsp3) is 0.636. The van der Waals surface area contributed by atoms with E-state index < -0.39 is 6.10 Å². The largest absolute Gasteiger partial charge is 0.495 e. The Morgan fingerprint density at radius 1 is 1.10 bits per heavy atom. The van der Waals surface area contributed by atoms with E-state index in [-0.39, 0.29) is 37.2 Å². The number of likely N-dealkylation sites (tertiary alicyclic amines) is 1. The van der Waals surface area contributed by atoms with E-state index in [0.717, 1.165) is 37.6 Å². The first-order valence-corrected chi connectivity index (χ1v) is 10.9. The van der Waals surface area contributed by atoms with Gasteiger partial charge < -0.3 is 20.1 Å². The number of carbonyl (C=O) groups is 2. The number of aliphatic hydroxyl groups is 1. The van der Waals surface area contributed by atoms with Crippen molar-refractivity contribution in [1.82, 2.24) is 15.1 Å². The Hall–Kier alpha value is -2.16. The third kappa shape index (κ3) is 4.77. The highest BCUT2D eigenvalue weighted by Crippen LogP contribution is 2.29. The molecule has 2 amide bonds. The summed E-state index contributed by atoms with van der Waals surface area (Å²) in [4.78, 5) is 29.8. The molecule has 3 fully saturated rings. The molecular weight excluding hydrogens is 384 g/mol. The minimum atomic E-state index is -0.764. The number of anilines is 1. The van der Waals surface area contributed by atoms with Crippen molar-refractivity contribution in [3.63, 3.8) is 0 Å². The molecular formula is C22H32N4O4. The van der Waals surface area contributed by atoms with Crippen molar-refractivity contribution in [2.45, 2.75) is 43.9 Å². The van der Waals surface area contributed by atoms with Crippen LogP contribution in [0.4, 0.5) is 5.69 Å². The van der Waals surface area contributed by atoms with Crippen LogP contribution in [0.2, 0.25) is 0 Å². The average Bonchev–Trinajstić information content (AvgIpc) is 3.55. The number of nitrogens with zero attached hydrogens (tertiary/aromatic N) is 3. The summed E-state index contributed by atoms with van der Waals surface area (Å²) >= 11 is 0. The first-order chi connectivity index (χ1) is 14.6. The molecule has 0 bridgehead atoms. The molecule has 3 aliphatic rings. The Labute approximate surface area is 177 Å². The predicted molar refractivity (Wildman–Crippen MR) is 114 cm³/mol. The van der Waals surface area contributed by atoms with Gasteiger partial charge in [-0.1, -0.05) is 12.1 Å². The van der Waals surface area contributed by atoms with Crippen molar-refractivity contribution in [2.24, 2.45) is 0 Å². The molecule has 30 heavy (non-hydrogen) atoms. The molecule has 1 aromatic rings. The molecule has 8 nitrogen and oxygen atoms in total. The summed E-state index contributed by atoms with van der Waals surface area (Å²) in [6.45, 7) is 4.00. The molecule has 1 aromatic carbocycles. The Morgan fingerprint density at radius 2 is 1.77 bits per heavy atom. The molecule has 0 aromatic heterocycles. The Morgan fingerprint density at radius 3 is 2.40 bits per heavy atom. The zero-order valence-corrected chi connectivity index (χ0v) is 17.6. The van der Waals surface area contributed by atoms with Crippen LogP contribution in [0.3, 0.4) is 0 Å². The molecule has 0 radical (unpaired) electrons. The van der Waals surface area contributed by atoms with Gasteiger partial charge in [-0.2, -0.15) is 0 Å². The molecule has 2 aliphatic heterocycles. The van der Waals surface area contributed by atoms with E-state index >= 15 is 0 Å². The van der Waals surface area contributed by atoms with Gasteiger partial charge in [0.25, 0.3) is 0 Å². The zero-order valence-electron chi connectivity index (χ0n) is 17.6. The standard InChI is InChI=1S/C22H32N4O4/c1-30-20-5-3-2-4-17(20)24-10-12-25(13-11-24)18(14-23-16-6-7-16)19(27)15-26-21(28)8-9-22(26)29/h2-5,16,18-19,23,27H,6-15H2,1H3. The van der Waals surface area contributed by atoms with Crippen LogP contribution >= 0.6 is 0 Å². The van der Waals surface area contributed by atoms with Crippen molar-refractivity contribution in [3.8, 4) is 5.75 Å². The number of nitrogens with one attached hydrogen (secondary N) is 1. The van der Waals surface area contributed by atoms with E-state index in [9.17, 15) is 14.7 Å². The lowest BCUT2D eigenvalue weighted by Gasteiger charge is -2.42. The smallest absolute Gasteiger partial charge is 0.229 e. The Bertz CT molecular complexity index is 745. The second-order valence-corrected chi connectivity index (χ2v) is 8.41. The molecule has 2 saturated heterocycles. The lowest BCUT2D eigenvalue weighted by Crippen LogP contribution is -2.59. The van der Waals surface area contributed by atoms with Crippen molar-refractivity contribution in [3.05, 3.63) is 24.3 Å². The number of aliphatic hydroxyl groups excluding tert-OH is 1. The maximum atomic E-state index is 12.0. The summed E-state index contributed by atoms with van der Waals surface area (Å²) in [7, 11) is 1.69.